The van der Waals surface area contributed by atoms with Crippen molar-refractivity contribution in [2.45, 2.75) is 19.3 Å². The SMILES string of the molecule is Nc1c(C(=O)Nc2ccccc2)sc2nc3c(c(-c4ccc(Cl)cc4)c12)CCC3. The van der Waals surface area contributed by atoms with E-state index in [9.17, 15) is 4.79 Å². The number of nitrogens with zero attached hydrogens (tertiary/aromatic N) is 1. The Morgan fingerprint density at radius 1 is 1.07 bits per heavy atom. The van der Waals surface area contributed by atoms with Crippen LogP contribution in [-0.2, 0) is 12.8 Å². The summed E-state index contributed by atoms with van der Waals surface area (Å²) in [6.45, 7) is 0. The standard InChI is InChI=1S/C23H18ClN3OS/c24-14-11-9-13(10-12-14)18-16-7-4-8-17(16)27-23-19(18)20(25)21(29-23)22(28)26-15-5-2-1-3-6-15/h1-3,5-6,9-12H,4,7-8,25H2,(H,26,28). The lowest BCUT2D eigenvalue weighted by atomic mass is 9.96. The van der Waals surface area contributed by atoms with Crippen LogP contribution in [0.2, 0.25) is 5.02 Å². The number of hydrogen-bond acceptors (Lipinski definition) is 4. The first-order valence-corrected chi connectivity index (χ1v) is 10.7. The molecule has 0 spiro atoms. The Kier molecular flexibility index (Phi) is 4.49. The molecule has 1 amide bonds. The molecule has 0 unspecified atom stereocenters. The molecular weight excluding hydrogens is 402 g/mol. The van der Waals surface area contributed by atoms with Crippen LogP contribution in [0.3, 0.4) is 0 Å². The zero-order valence-corrected chi connectivity index (χ0v) is 17.1. The molecule has 5 rings (SSSR count). The number of aryl methyl sites for hydroxylation is 1. The van der Waals surface area contributed by atoms with E-state index in [1.54, 1.807) is 0 Å². The molecular formula is C23H18ClN3OS. The monoisotopic (exact) mass is 419 g/mol. The van der Waals surface area contributed by atoms with Gasteiger partial charge in [-0.05, 0) is 60.2 Å². The van der Waals surface area contributed by atoms with Gasteiger partial charge in [0.15, 0.2) is 0 Å². The van der Waals surface area contributed by atoms with Gasteiger partial charge in [-0.1, -0.05) is 41.9 Å². The Balaban J connectivity index is 1.68. The fourth-order valence-corrected chi connectivity index (χ4v) is 5.10. The van der Waals surface area contributed by atoms with E-state index in [4.69, 9.17) is 22.3 Å². The van der Waals surface area contributed by atoms with Crippen molar-refractivity contribution >= 4 is 50.4 Å². The highest BCUT2D eigenvalue weighted by Gasteiger charge is 2.26. The molecule has 4 aromatic rings. The summed E-state index contributed by atoms with van der Waals surface area (Å²) in [5.74, 6) is -0.209. The smallest absolute Gasteiger partial charge is 0.267 e. The number of nitrogens with two attached hydrogens (primary N) is 1. The summed E-state index contributed by atoms with van der Waals surface area (Å²) in [6.07, 6.45) is 3.01. The molecule has 2 aromatic carbocycles. The van der Waals surface area contributed by atoms with Gasteiger partial charge in [-0.25, -0.2) is 4.98 Å². The van der Waals surface area contributed by atoms with Gasteiger partial charge in [-0.15, -0.1) is 11.3 Å². The number of hydrogen-bond donors (Lipinski definition) is 2. The van der Waals surface area contributed by atoms with Gasteiger partial charge in [0.1, 0.15) is 9.71 Å². The number of carbonyl (C=O) groups excluding carboxylic acids is 1. The number of anilines is 2. The number of nitrogen functional groups attached to an aromatic ring is 1. The number of aromatic nitrogens is 1. The van der Waals surface area contributed by atoms with Gasteiger partial charge < -0.3 is 11.1 Å². The van der Waals surface area contributed by atoms with Crippen LogP contribution < -0.4 is 11.1 Å². The van der Waals surface area contributed by atoms with Gasteiger partial charge in [0.2, 0.25) is 0 Å². The summed E-state index contributed by atoms with van der Waals surface area (Å²) in [7, 11) is 0. The van der Waals surface area contributed by atoms with E-state index < -0.39 is 0 Å². The lowest BCUT2D eigenvalue weighted by molar-refractivity contribution is 0.103. The third-order valence-corrected chi connectivity index (χ3v) is 6.62. The first kappa shape index (κ1) is 18.2. The molecule has 4 nitrogen and oxygen atoms in total. The van der Waals surface area contributed by atoms with Crippen molar-refractivity contribution in [1.82, 2.24) is 4.98 Å². The number of rotatable bonds is 3. The van der Waals surface area contributed by atoms with Gasteiger partial charge in [0, 0.05) is 21.8 Å². The first-order valence-electron chi connectivity index (χ1n) is 9.48. The molecule has 2 heterocycles. The average molecular weight is 420 g/mol. The van der Waals surface area contributed by atoms with Crippen LogP contribution >= 0.6 is 22.9 Å². The second-order valence-corrected chi connectivity index (χ2v) is 8.55. The van der Waals surface area contributed by atoms with E-state index >= 15 is 0 Å². The van der Waals surface area contributed by atoms with Gasteiger partial charge in [-0.2, -0.15) is 0 Å². The predicted molar refractivity (Wildman–Crippen MR) is 121 cm³/mol. The van der Waals surface area contributed by atoms with E-state index in [2.05, 4.69) is 5.32 Å². The number of halogens is 1. The van der Waals surface area contributed by atoms with Gasteiger partial charge >= 0.3 is 0 Å². The van der Waals surface area contributed by atoms with Crippen molar-refractivity contribution < 1.29 is 4.79 Å². The van der Waals surface area contributed by atoms with E-state index in [1.165, 1.54) is 16.9 Å². The highest BCUT2D eigenvalue weighted by molar-refractivity contribution is 7.21. The van der Waals surface area contributed by atoms with Crippen LogP contribution in [0.15, 0.2) is 54.6 Å². The molecule has 6 heteroatoms. The molecule has 0 bridgehead atoms. The Labute approximate surface area is 177 Å². The van der Waals surface area contributed by atoms with Crippen LogP contribution in [0, 0.1) is 0 Å². The van der Waals surface area contributed by atoms with E-state index in [-0.39, 0.29) is 5.91 Å². The lowest BCUT2D eigenvalue weighted by Gasteiger charge is -2.11. The quantitative estimate of drug-likeness (QED) is 0.431. The number of para-hydroxylation sites is 1. The molecule has 144 valence electrons. The van der Waals surface area contributed by atoms with E-state index in [1.807, 2.05) is 54.6 Å². The minimum Gasteiger partial charge on any atom is -0.397 e. The molecule has 3 N–H and O–H groups in total. The van der Waals surface area contributed by atoms with Crippen LogP contribution in [0.4, 0.5) is 11.4 Å². The van der Waals surface area contributed by atoms with Crippen LogP contribution in [0.25, 0.3) is 21.3 Å². The normalized spacial score (nSPS) is 12.9. The number of nitrogens with one attached hydrogen (secondary N) is 1. The maximum atomic E-state index is 12.9. The van der Waals surface area contributed by atoms with Crippen molar-refractivity contribution in [3.63, 3.8) is 0 Å². The summed E-state index contributed by atoms with van der Waals surface area (Å²) >= 11 is 7.46. The summed E-state index contributed by atoms with van der Waals surface area (Å²) in [4.78, 5) is 19.1. The maximum absolute atomic E-state index is 12.9. The van der Waals surface area contributed by atoms with Crippen LogP contribution in [-0.4, -0.2) is 10.9 Å². The number of pyridine rings is 1. The Bertz CT molecular complexity index is 1230. The minimum atomic E-state index is -0.209. The van der Waals surface area contributed by atoms with Gasteiger partial charge in [0.05, 0.1) is 5.69 Å². The van der Waals surface area contributed by atoms with Crippen molar-refractivity contribution in [2.75, 3.05) is 11.1 Å². The lowest BCUT2D eigenvalue weighted by Crippen LogP contribution is -2.11. The fourth-order valence-electron chi connectivity index (χ4n) is 3.96. The third-order valence-electron chi connectivity index (χ3n) is 5.27. The second-order valence-electron chi connectivity index (χ2n) is 7.12. The minimum absolute atomic E-state index is 0.209. The summed E-state index contributed by atoms with van der Waals surface area (Å²) in [5, 5.41) is 4.49. The van der Waals surface area contributed by atoms with Gasteiger partial charge in [0.25, 0.3) is 5.91 Å². The first-order chi connectivity index (χ1) is 14.1. The number of benzene rings is 2. The second kappa shape index (κ2) is 7.17. The fraction of sp³-hybridized carbons (Fsp3) is 0.130. The van der Waals surface area contributed by atoms with Crippen molar-refractivity contribution in [3.8, 4) is 11.1 Å². The molecule has 0 saturated heterocycles. The Morgan fingerprint density at radius 2 is 1.83 bits per heavy atom. The predicted octanol–water partition coefficient (Wildman–Crippen LogP) is 5.94. The number of thiophene rings is 1. The Morgan fingerprint density at radius 3 is 2.59 bits per heavy atom. The number of carbonyl (C=O) groups is 1. The van der Waals surface area contributed by atoms with Crippen molar-refractivity contribution in [2.24, 2.45) is 0 Å². The molecule has 0 fully saturated rings. The molecule has 0 aliphatic heterocycles. The van der Waals surface area contributed by atoms with Crippen molar-refractivity contribution in [1.29, 1.82) is 0 Å². The highest BCUT2D eigenvalue weighted by atomic mass is 35.5. The van der Waals surface area contributed by atoms with Crippen LogP contribution in [0.5, 0.6) is 0 Å². The zero-order chi connectivity index (χ0) is 20.0. The number of amides is 1. The zero-order valence-electron chi connectivity index (χ0n) is 15.5. The topological polar surface area (TPSA) is 68.0 Å². The third kappa shape index (κ3) is 3.16. The Hall–Kier alpha value is -2.89. The largest absolute Gasteiger partial charge is 0.397 e. The summed E-state index contributed by atoms with van der Waals surface area (Å²) in [6, 6.07) is 17.2. The number of fused-ring (bicyclic) bond motifs is 2. The molecule has 0 radical (unpaired) electrons. The molecule has 2 aromatic heterocycles. The molecule has 0 saturated carbocycles. The molecule has 29 heavy (non-hydrogen) atoms. The maximum Gasteiger partial charge on any atom is 0.267 e. The van der Waals surface area contributed by atoms with Gasteiger partial charge in [-0.3, -0.25) is 4.79 Å². The van der Waals surface area contributed by atoms with Crippen LogP contribution in [0.1, 0.15) is 27.3 Å². The summed E-state index contributed by atoms with van der Waals surface area (Å²) in [5.41, 5.74) is 12.3. The van der Waals surface area contributed by atoms with E-state index in [0.29, 0.717) is 15.6 Å². The van der Waals surface area contributed by atoms with Crippen molar-refractivity contribution in [3.05, 3.63) is 75.8 Å². The average Bonchev–Trinajstić information content (AvgIpc) is 3.32. The molecule has 1 aliphatic carbocycles. The molecule has 1 aliphatic rings. The summed E-state index contributed by atoms with van der Waals surface area (Å²) < 4.78 is 0. The molecule has 0 atom stereocenters. The van der Waals surface area contributed by atoms with E-state index in [0.717, 1.165) is 52.0 Å². The highest BCUT2D eigenvalue weighted by Crippen LogP contribution is 2.44.